The van der Waals surface area contributed by atoms with E-state index < -0.39 is 12.0 Å². The fraction of sp³-hybridized carbons (Fsp3) is 0.833. The second-order valence-corrected chi connectivity index (χ2v) is 12.3. The summed E-state index contributed by atoms with van der Waals surface area (Å²) in [5.41, 5.74) is 7.93. The van der Waals surface area contributed by atoms with E-state index in [0.717, 1.165) is 37.8 Å². The largest absolute Gasteiger partial charge is 0.481 e. The zero-order valence-electron chi connectivity index (χ0n) is 32.3. The van der Waals surface area contributed by atoms with Gasteiger partial charge in [0, 0.05) is 32.1 Å². The first-order valence-corrected chi connectivity index (χ1v) is 19.1. The van der Waals surface area contributed by atoms with Crippen molar-refractivity contribution in [1.82, 2.24) is 21.3 Å². The van der Waals surface area contributed by atoms with Crippen LogP contribution in [0.25, 0.3) is 0 Å². The first kappa shape index (κ1) is 49.1. The maximum absolute atomic E-state index is 12.3. The number of carbonyl (C=O) groups is 4. The van der Waals surface area contributed by atoms with Crippen LogP contribution in [0.1, 0.15) is 58.3 Å². The lowest BCUT2D eigenvalue weighted by atomic mass is 9.89. The molecule has 1 saturated carbocycles. The third kappa shape index (κ3) is 30.4. The van der Waals surface area contributed by atoms with Crippen LogP contribution in [-0.4, -0.2) is 167 Å². The van der Waals surface area contributed by atoms with E-state index in [0.29, 0.717) is 132 Å². The number of aliphatic carboxylic acids is 1. The molecule has 1 atom stereocenters. The average molecular weight is 778 g/mol. The predicted molar refractivity (Wildman–Crippen MR) is 199 cm³/mol. The van der Waals surface area contributed by atoms with Crippen LogP contribution in [0, 0.1) is 0 Å². The number of hydrogen-bond donors (Lipinski definition) is 6. The highest BCUT2D eigenvalue weighted by molar-refractivity contribution is 5.86. The summed E-state index contributed by atoms with van der Waals surface area (Å²) in [6.45, 7) is 9.23. The van der Waals surface area contributed by atoms with Gasteiger partial charge in [-0.25, -0.2) is 0 Å². The van der Waals surface area contributed by atoms with Gasteiger partial charge in [-0.1, -0.05) is 5.57 Å². The SMILES string of the molecule is CC(=O)NC(CCCCN)C(=O)NCCOCCOCCOCCOCCC(NCC(=O)NCCOCCOCCOCCOCCC(=O)O)=C1CCC1. The molecule has 0 spiro atoms. The molecule has 0 saturated heterocycles. The molecule has 0 aromatic rings. The van der Waals surface area contributed by atoms with Crippen molar-refractivity contribution in [2.24, 2.45) is 5.73 Å². The van der Waals surface area contributed by atoms with Crippen molar-refractivity contribution in [2.45, 2.75) is 64.3 Å². The van der Waals surface area contributed by atoms with Gasteiger partial charge < -0.3 is 70.0 Å². The molecule has 18 heteroatoms. The van der Waals surface area contributed by atoms with Crippen molar-refractivity contribution in [3.8, 4) is 0 Å². The van der Waals surface area contributed by atoms with E-state index in [1.54, 1.807) is 0 Å². The molecule has 1 fully saturated rings. The van der Waals surface area contributed by atoms with Crippen molar-refractivity contribution >= 4 is 23.7 Å². The van der Waals surface area contributed by atoms with Crippen LogP contribution in [-0.2, 0) is 57.1 Å². The van der Waals surface area contributed by atoms with Gasteiger partial charge in [0.1, 0.15) is 6.04 Å². The quantitative estimate of drug-likeness (QED) is 0.0447. The van der Waals surface area contributed by atoms with Gasteiger partial charge in [-0.3, -0.25) is 19.2 Å². The Hall–Kier alpha value is -2.94. The molecule has 7 N–H and O–H groups in total. The van der Waals surface area contributed by atoms with Crippen molar-refractivity contribution in [1.29, 1.82) is 0 Å². The minimum absolute atomic E-state index is 0.0206. The van der Waals surface area contributed by atoms with E-state index in [4.69, 9.17) is 48.7 Å². The Morgan fingerprint density at radius 3 is 1.54 bits per heavy atom. The minimum atomic E-state index is -0.889. The number of unbranched alkanes of at least 4 members (excludes halogenated alkanes) is 1. The Balaban J connectivity index is 1.94. The molecule has 1 unspecified atom stereocenters. The Bertz CT molecular complexity index is 1020. The Morgan fingerprint density at radius 2 is 1.09 bits per heavy atom. The molecule has 54 heavy (non-hydrogen) atoms. The second kappa shape index (κ2) is 35.7. The second-order valence-electron chi connectivity index (χ2n) is 12.3. The van der Waals surface area contributed by atoms with Crippen molar-refractivity contribution in [2.75, 3.05) is 132 Å². The molecule has 314 valence electrons. The average Bonchev–Trinajstić information content (AvgIpc) is 3.12. The number of carboxylic acids is 1. The molecule has 0 aliphatic heterocycles. The molecule has 0 bridgehead atoms. The van der Waals surface area contributed by atoms with Gasteiger partial charge in [-0.05, 0) is 45.1 Å². The van der Waals surface area contributed by atoms with E-state index in [1.165, 1.54) is 12.5 Å². The summed E-state index contributed by atoms with van der Waals surface area (Å²) in [7, 11) is 0. The van der Waals surface area contributed by atoms with Crippen LogP contribution < -0.4 is 27.0 Å². The summed E-state index contributed by atoms with van der Waals surface area (Å²) in [5.74, 6) is -1.47. The van der Waals surface area contributed by atoms with E-state index in [2.05, 4.69) is 21.3 Å². The van der Waals surface area contributed by atoms with Gasteiger partial charge in [0.2, 0.25) is 17.7 Å². The Morgan fingerprint density at radius 1 is 0.630 bits per heavy atom. The lowest BCUT2D eigenvalue weighted by molar-refractivity contribution is -0.138. The first-order chi connectivity index (χ1) is 26.3. The molecule has 3 amide bonds. The van der Waals surface area contributed by atoms with Crippen molar-refractivity contribution in [3.05, 3.63) is 11.3 Å². The molecule has 0 aromatic carbocycles. The van der Waals surface area contributed by atoms with Crippen LogP contribution in [0.5, 0.6) is 0 Å². The summed E-state index contributed by atoms with van der Waals surface area (Å²) in [6, 6.07) is -0.567. The highest BCUT2D eigenvalue weighted by Gasteiger charge is 2.18. The van der Waals surface area contributed by atoms with Crippen LogP contribution >= 0.6 is 0 Å². The first-order valence-electron chi connectivity index (χ1n) is 19.1. The van der Waals surface area contributed by atoms with Gasteiger partial charge in [0.25, 0.3) is 0 Å². The number of carbonyl (C=O) groups excluding carboxylic acids is 3. The Kier molecular flexibility index (Phi) is 32.5. The normalized spacial score (nSPS) is 12.9. The third-order valence-electron chi connectivity index (χ3n) is 7.79. The fourth-order valence-electron chi connectivity index (χ4n) is 4.79. The number of rotatable bonds is 39. The van der Waals surface area contributed by atoms with Gasteiger partial charge in [-0.15, -0.1) is 0 Å². The molecule has 18 nitrogen and oxygen atoms in total. The van der Waals surface area contributed by atoms with Gasteiger partial charge in [0.15, 0.2) is 0 Å². The van der Waals surface area contributed by atoms with Crippen LogP contribution in [0.4, 0.5) is 0 Å². The molecule has 1 aliphatic rings. The van der Waals surface area contributed by atoms with Gasteiger partial charge in [-0.2, -0.15) is 0 Å². The van der Waals surface area contributed by atoms with Gasteiger partial charge in [0.05, 0.1) is 119 Å². The summed E-state index contributed by atoms with van der Waals surface area (Å²) in [4.78, 5) is 46.4. The lowest BCUT2D eigenvalue weighted by Gasteiger charge is -2.23. The molecular formula is C36H67N5O13. The monoisotopic (exact) mass is 777 g/mol. The number of ether oxygens (including phenoxy) is 8. The summed E-state index contributed by atoms with van der Waals surface area (Å²) in [6.07, 6.45) is 6.02. The molecule has 0 radical (unpaired) electrons. The highest BCUT2D eigenvalue weighted by atomic mass is 16.6. The van der Waals surface area contributed by atoms with E-state index in [1.807, 2.05) is 0 Å². The maximum atomic E-state index is 12.3. The highest BCUT2D eigenvalue weighted by Crippen LogP contribution is 2.28. The topological polar surface area (TPSA) is 236 Å². The smallest absolute Gasteiger partial charge is 0.305 e. The van der Waals surface area contributed by atoms with Gasteiger partial charge >= 0.3 is 5.97 Å². The minimum Gasteiger partial charge on any atom is -0.481 e. The Labute approximate surface area is 320 Å². The number of carboxylic acid groups (broad SMARTS) is 1. The van der Waals surface area contributed by atoms with Crippen LogP contribution in [0.2, 0.25) is 0 Å². The lowest BCUT2D eigenvalue weighted by Crippen LogP contribution is -2.46. The number of nitrogens with one attached hydrogen (secondary N) is 4. The molecule has 0 heterocycles. The zero-order chi connectivity index (χ0) is 39.3. The molecule has 0 aromatic heterocycles. The predicted octanol–water partition coefficient (Wildman–Crippen LogP) is -0.122. The van der Waals surface area contributed by atoms with Crippen LogP contribution in [0.15, 0.2) is 11.3 Å². The number of hydrogen-bond acceptors (Lipinski definition) is 14. The summed E-state index contributed by atoms with van der Waals surface area (Å²) in [5, 5.41) is 20.1. The summed E-state index contributed by atoms with van der Waals surface area (Å²) >= 11 is 0. The molecule has 1 rings (SSSR count). The van der Waals surface area contributed by atoms with Crippen molar-refractivity contribution < 1.29 is 62.2 Å². The van der Waals surface area contributed by atoms with E-state index in [-0.39, 0.29) is 37.3 Å². The maximum Gasteiger partial charge on any atom is 0.305 e. The number of nitrogens with two attached hydrogens (primary N) is 1. The number of allylic oxidation sites excluding steroid dienone is 1. The summed E-state index contributed by atoms with van der Waals surface area (Å²) < 4.78 is 43.7. The molecule has 1 aliphatic carbocycles. The van der Waals surface area contributed by atoms with Crippen LogP contribution in [0.3, 0.4) is 0 Å². The van der Waals surface area contributed by atoms with E-state index >= 15 is 0 Å². The van der Waals surface area contributed by atoms with E-state index in [9.17, 15) is 19.2 Å². The zero-order valence-corrected chi connectivity index (χ0v) is 32.3. The molecular weight excluding hydrogens is 710 g/mol. The standard InChI is InChI=1S/C36H67N5O13/c1-30(42)41-33(7-2-3-10-37)36(46)39-12-16-50-20-24-54-27-25-51-21-17-47-13-8-32(31-5-4-6-31)40-29-34(43)38-11-15-49-19-23-53-28-26-52-22-18-48-14-9-35(44)45/h33,40H,2-29,37H2,1H3,(H,38,43)(H,39,46)(H,41,42)(H,44,45). The fourth-order valence-corrected chi connectivity index (χ4v) is 4.79. The third-order valence-corrected chi connectivity index (χ3v) is 7.79. The number of amides is 3. The van der Waals surface area contributed by atoms with Crippen molar-refractivity contribution in [3.63, 3.8) is 0 Å².